The molecule has 1 saturated heterocycles. The molecule has 0 N–H and O–H groups in total. The monoisotopic (exact) mass is 376 g/mol. The maximum absolute atomic E-state index is 12.4. The Morgan fingerprint density at radius 2 is 1.92 bits per heavy atom. The largest absolute Gasteiger partial charge is 0.468 e. The van der Waals surface area contributed by atoms with Gasteiger partial charge in [-0.05, 0) is 12.5 Å². The lowest BCUT2D eigenvalue weighted by Crippen LogP contribution is -2.43. The highest BCUT2D eigenvalue weighted by Gasteiger charge is 2.26. The molecule has 0 saturated carbocycles. The average molecular weight is 376 g/mol. The number of amides is 1. The molecule has 8 nitrogen and oxygen atoms in total. The van der Waals surface area contributed by atoms with E-state index < -0.39 is 11.2 Å². The molecule has 9 heteroatoms. The Hall–Kier alpha value is -2.39. The van der Waals surface area contributed by atoms with E-state index in [0.717, 1.165) is 22.9 Å². The minimum atomic E-state index is -0.602. The summed E-state index contributed by atoms with van der Waals surface area (Å²) in [5.41, 5.74) is 1.89. The molecule has 1 aliphatic heterocycles. The van der Waals surface area contributed by atoms with Crippen LogP contribution in [0.2, 0.25) is 0 Å². The van der Waals surface area contributed by atoms with Crippen molar-refractivity contribution in [2.45, 2.75) is 17.3 Å². The predicted octanol–water partition coefficient (Wildman–Crippen LogP) is 1.89. The lowest BCUT2D eigenvalue weighted by Gasteiger charge is -2.25. The van der Waals surface area contributed by atoms with Crippen molar-refractivity contribution in [1.29, 1.82) is 0 Å². The van der Waals surface area contributed by atoms with Crippen molar-refractivity contribution < 1.29 is 19.1 Å². The van der Waals surface area contributed by atoms with E-state index in [9.17, 15) is 9.59 Å². The molecule has 0 radical (unpaired) electrons. The second kappa shape index (κ2) is 8.33. The third kappa shape index (κ3) is 4.23. The van der Waals surface area contributed by atoms with Crippen molar-refractivity contribution >= 4 is 23.8 Å². The van der Waals surface area contributed by atoms with Gasteiger partial charge in [0.2, 0.25) is 5.16 Å². The van der Waals surface area contributed by atoms with E-state index in [0.29, 0.717) is 31.5 Å². The van der Waals surface area contributed by atoms with Crippen molar-refractivity contribution in [2.75, 3.05) is 33.4 Å². The van der Waals surface area contributed by atoms with Crippen molar-refractivity contribution in [1.82, 2.24) is 19.7 Å². The Kier molecular flexibility index (Phi) is 5.89. The minimum Gasteiger partial charge on any atom is -0.468 e. The first-order valence-corrected chi connectivity index (χ1v) is 9.06. The molecule has 2 heterocycles. The lowest BCUT2D eigenvalue weighted by atomic mass is 10.1. The molecule has 1 atom stereocenters. The number of benzene rings is 1. The summed E-state index contributed by atoms with van der Waals surface area (Å²) in [6.07, 6.45) is 1.36. The summed E-state index contributed by atoms with van der Waals surface area (Å²) < 4.78 is 11.3. The van der Waals surface area contributed by atoms with Crippen LogP contribution in [0.1, 0.15) is 16.4 Å². The van der Waals surface area contributed by atoms with Crippen LogP contribution >= 0.6 is 11.8 Å². The number of hydrogen-bond acceptors (Lipinski definition) is 7. The number of aryl methyl sites for hydroxylation is 1. The normalized spacial score (nSPS) is 15.5. The summed E-state index contributed by atoms with van der Waals surface area (Å²) in [4.78, 5) is 30.4. The summed E-state index contributed by atoms with van der Waals surface area (Å²) in [7, 11) is 1.35. The van der Waals surface area contributed by atoms with E-state index in [1.54, 1.807) is 4.90 Å². The maximum Gasteiger partial charge on any atom is 0.346 e. The van der Waals surface area contributed by atoms with E-state index >= 15 is 0 Å². The van der Waals surface area contributed by atoms with Crippen LogP contribution in [0, 0.1) is 6.92 Å². The molecule has 2 aromatic rings. The van der Waals surface area contributed by atoms with Gasteiger partial charge in [-0.2, -0.15) is 4.68 Å². The average Bonchev–Trinajstić information content (AvgIpc) is 3.15. The number of methoxy groups -OCH3 is 1. The molecule has 1 fully saturated rings. The Morgan fingerprint density at radius 3 is 2.58 bits per heavy atom. The molecular formula is C17H20N4O4S. The predicted molar refractivity (Wildman–Crippen MR) is 95.0 cm³/mol. The topological polar surface area (TPSA) is 86.5 Å². The van der Waals surface area contributed by atoms with Gasteiger partial charge in [-0.1, -0.05) is 41.6 Å². The summed E-state index contributed by atoms with van der Waals surface area (Å²) >= 11 is 1.15. The van der Waals surface area contributed by atoms with Crippen LogP contribution in [-0.4, -0.2) is 65.1 Å². The Balaban J connectivity index is 1.75. The number of carbonyl (C=O) groups excluding carboxylic acids is 2. The number of carbonyl (C=O) groups is 2. The van der Waals surface area contributed by atoms with Crippen molar-refractivity contribution in [3.8, 4) is 0 Å². The van der Waals surface area contributed by atoms with Gasteiger partial charge in [-0.25, -0.2) is 9.78 Å². The molecule has 1 amide bonds. The van der Waals surface area contributed by atoms with E-state index in [1.807, 2.05) is 31.2 Å². The first-order chi connectivity index (χ1) is 12.6. The van der Waals surface area contributed by atoms with Gasteiger partial charge in [-0.3, -0.25) is 4.79 Å². The SMILES string of the molecule is COC(=O)C(Sc1ncn(C(=O)N2CCOCC2)n1)c1ccc(C)cc1. The van der Waals surface area contributed by atoms with Gasteiger partial charge in [0, 0.05) is 13.1 Å². The highest BCUT2D eigenvalue weighted by atomic mass is 32.2. The zero-order valence-corrected chi connectivity index (χ0v) is 15.4. The van der Waals surface area contributed by atoms with Crippen molar-refractivity contribution in [2.24, 2.45) is 0 Å². The highest BCUT2D eigenvalue weighted by Crippen LogP contribution is 2.34. The number of ether oxygens (including phenoxy) is 2. The fraction of sp³-hybridized carbons (Fsp3) is 0.412. The van der Waals surface area contributed by atoms with Crippen LogP contribution in [0.5, 0.6) is 0 Å². The smallest absolute Gasteiger partial charge is 0.346 e. The molecule has 1 aliphatic rings. The quantitative estimate of drug-likeness (QED) is 0.595. The van der Waals surface area contributed by atoms with Gasteiger partial charge < -0.3 is 14.4 Å². The standard InChI is InChI=1S/C17H20N4O4S/c1-12-3-5-13(6-4-12)14(15(22)24-2)26-16-18-11-21(19-16)17(23)20-7-9-25-10-8-20/h3-6,11,14H,7-10H2,1-2H3. The second-order valence-electron chi connectivity index (χ2n) is 5.79. The summed E-state index contributed by atoms with van der Waals surface area (Å²) in [6.45, 7) is 4.05. The number of nitrogens with zero attached hydrogens (tertiary/aromatic N) is 4. The molecule has 1 unspecified atom stereocenters. The number of aromatic nitrogens is 3. The van der Waals surface area contributed by atoms with Crippen LogP contribution in [0.25, 0.3) is 0 Å². The van der Waals surface area contributed by atoms with Gasteiger partial charge in [0.05, 0.1) is 20.3 Å². The number of rotatable bonds is 4. The van der Waals surface area contributed by atoms with E-state index in [-0.39, 0.29) is 6.03 Å². The Bertz CT molecular complexity index is 771. The van der Waals surface area contributed by atoms with Gasteiger partial charge in [-0.15, -0.1) is 5.10 Å². The number of thioether (sulfide) groups is 1. The van der Waals surface area contributed by atoms with Crippen LogP contribution in [0.15, 0.2) is 35.7 Å². The molecule has 26 heavy (non-hydrogen) atoms. The fourth-order valence-electron chi connectivity index (χ4n) is 2.50. The molecule has 138 valence electrons. The third-order valence-electron chi connectivity index (χ3n) is 3.97. The Morgan fingerprint density at radius 1 is 1.23 bits per heavy atom. The van der Waals surface area contributed by atoms with E-state index in [4.69, 9.17) is 9.47 Å². The van der Waals surface area contributed by atoms with Gasteiger partial charge >= 0.3 is 12.0 Å². The number of hydrogen-bond donors (Lipinski definition) is 0. The minimum absolute atomic E-state index is 0.252. The summed E-state index contributed by atoms with van der Waals surface area (Å²) in [6, 6.07) is 7.36. The molecule has 0 aliphatic carbocycles. The first kappa shape index (κ1) is 18.4. The van der Waals surface area contributed by atoms with Crippen LogP contribution in [-0.2, 0) is 14.3 Å². The molecular weight excluding hydrogens is 356 g/mol. The van der Waals surface area contributed by atoms with Gasteiger partial charge in [0.15, 0.2) is 0 Å². The van der Waals surface area contributed by atoms with Crippen LogP contribution < -0.4 is 0 Å². The lowest BCUT2D eigenvalue weighted by molar-refractivity contribution is -0.140. The Labute approximate surface area is 155 Å². The van der Waals surface area contributed by atoms with Gasteiger partial charge in [0.1, 0.15) is 11.6 Å². The highest BCUT2D eigenvalue weighted by molar-refractivity contribution is 8.00. The third-order valence-corrected chi connectivity index (χ3v) is 5.07. The maximum atomic E-state index is 12.4. The fourth-order valence-corrected chi connectivity index (χ4v) is 3.44. The molecule has 0 spiro atoms. The van der Waals surface area contributed by atoms with Crippen LogP contribution in [0.3, 0.4) is 0 Å². The first-order valence-electron chi connectivity index (χ1n) is 8.18. The van der Waals surface area contributed by atoms with Gasteiger partial charge in [0.25, 0.3) is 0 Å². The molecule has 1 aromatic heterocycles. The zero-order chi connectivity index (χ0) is 18.5. The van der Waals surface area contributed by atoms with E-state index in [1.165, 1.54) is 18.1 Å². The van der Waals surface area contributed by atoms with Crippen molar-refractivity contribution in [3.05, 3.63) is 41.7 Å². The molecule has 3 rings (SSSR count). The summed E-state index contributed by atoms with van der Waals surface area (Å²) in [5, 5.41) is 3.95. The molecule has 0 bridgehead atoms. The van der Waals surface area contributed by atoms with E-state index in [2.05, 4.69) is 10.1 Å². The number of esters is 1. The zero-order valence-electron chi connectivity index (χ0n) is 14.6. The number of morpholine rings is 1. The van der Waals surface area contributed by atoms with Crippen molar-refractivity contribution in [3.63, 3.8) is 0 Å². The molecule has 1 aromatic carbocycles. The second-order valence-corrected chi connectivity index (χ2v) is 6.86. The summed E-state index contributed by atoms with van der Waals surface area (Å²) in [5.74, 6) is -0.394. The van der Waals surface area contributed by atoms with Crippen LogP contribution in [0.4, 0.5) is 4.79 Å².